The second kappa shape index (κ2) is 5.80. The first-order valence-electron chi connectivity index (χ1n) is 7.95. The number of piperidine rings is 3. The molecular weight excluding hydrogens is 314 g/mol. The molecule has 5 heterocycles. The molecule has 2 aromatic rings. The number of halogens is 1. The largest absolute Gasteiger partial charge is 0.446 e. The van der Waals surface area contributed by atoms with E-state index < -0.39 is 0 Å². The van der Waals surface area contributed by atoms with Crippen LogP contribution in [0, 0.1) is 5.92 Å². The zero-order valence-corrected chi connectivity index (χ0v) is 14.2. The Kier molecular flexibility index (Phi) is 4.10. The predicted octanol–water partition coefficient (Wildman–Crippen LogP) is 2.85. The fourth-order valence-corrected chi connectivity index (χ4v) is 4.08. The van der Waals surface area contributed by atoms with Crippen LogP contribution in [0.25, 0.3) is 11.1 Å². The van der Waals surface area contributed by atoms with Gasteiger partial charge in [0.1, 0.15) is 0 Å². The smallest absolute Gasteiger partial charge is 0.253 e. The molecular formula is C17H22ClN3O2. The molecule has 1 atom stereocenters. The molecule has 3 saturated heterocycles. The molecule has 3 fully saturated rings. The van der Waals surface area contributed by atoms with E-state index in [1.165, 1.54) is 12.8 Å². The summed E-state index contributed by atoms with van der Waals surface area (Å²) < 4.78 is 5.23. The van der Waals surface area contributed by atoms with Crippen molar-refractivity contribution in [3.05, 3.63) is 30.2 Å². The Bertz CT molecular complexity index is 719. The lowest BCUT2D eigenvalue weighted by molar-refractivity contribution is -0.0378. The number of amides is 1. The summed E-state index contributed by atoms with van der Waals surface area (Å²) in [6.07, 6.45) is 5.53. The zero-order chi connectivity index (χ0) is 15.3. The Hall–Kier alpha value is -1.59. The van der Waals surface area contributed by atoms with E-state index in [1.54, 1.807) is 12.5 Å². The number of furan rings is 1. The monoisotopic (exact) mass is 335 g/mol. The fourth-order valence-electron chi connectivity index (χ4n) is 4.08. The highest BCUT2D eigenvalue weighted by Crippen LogP contribution is 2.39. The molecule has 124 valence electrons. The minimum atomic E-state index is -0.0394. The second-order valence-electron chi connectivity index (χ2n) is 6.97. The summed E-state index contributed by atoms with van der Waals surface area (Å²) in [4.78, 5) is 19.3. The van der Waals surface area contributed by atoms with Gasteiger partial charge in [0.05, 0.1) is 11.8 Å². The quantitative estimate of drug-likeness (QED) is 0.916. The van der Waals surface area contributed by atoms with E-state index in [0.717, 1.165) is 18.5 Å². The van der Waals surface area contributed by atoms with Crippen LogP contribution in [-0.4, -0.2) is 40.5 Å². The highest BCUT2D eigenvalue weighted by atomic mass is 35.5. The Morgan fingerprint density at radius 1 is 1.39 bits per heavy atom. The van der Waals surface area contributed by atoms with E-state index in [0.29, 0.717) is 17.2 Å². The molecule has 3 aliphatic rings. The average Bonchev–Trinajstić information content (AvgIpc) is 2.98. The van der Waals surface area contributed by atoms with E-state index in [-0.39, 0.29) is 29.9 Å². The van der Waals surface area contributed by atoms with Gasteiger partial charge in [0.25, 0.3) is 5.91 Å². The number of carbonyl (C=O) groups is 1. The summed E-state index contributed by atoms with van der Waals surface area (Å²) >= 11 is 0. The lowest BCUT2D eigenvalue weighted by atomic mass is 9.72. The molecule has 23 heavy (non-hydrogen) atoms. The first-order chi connectivity index (χ1) is 10.6. The molecule has 2 bridgehead atoms. The minimum Gasteiger partial charge on any atom is -0.446 e. The van der Waals surface area contributed by atoms with Gasteiger partial charge in [0, 0.05) is 23.2 Å². The third-order valence-electron chi connectivity index (χ3n) is 5.44. The predicted molar refractivity (Wildman–Crippen MR) is 90.9 cm³/mol. The van der Waals surface area contributed by atoms with Crippen molar-refractivity contribution in [1.29, 1.82) is 0 Å². The van der Waals surface area contributed by atoms with Crippen LogP contribution in [0.5, 0.6) is 0 Å². The van der Waals surface area contributed by atoms with Gasteiger partial charge in [-0.05, 0) is 57.8 Å². The Morgan fingerprint density at radius 3 is 2.83 bits per heavy atom. The second-order valence-corrected chi connectivity index (χ2v) is 6.97. The number of aromatic nitrogens is 1. The summed E-state index contributed by atoms with van der Waals surface area (Å²) in [5, 5.41) is 4.12. The molecule has 6 heteroatoms. The normalized spacial score (nSPS) is 28.3. The van der Waals surface area contributed by atoms with Gasteiger partial charge in [0.2, 0.25) is 5.71 Å². The van der Waals surface area contributed by atoms with Crippen molar-refractivity contribution in [2.24, 2.45) is 5.92 Å². The maximum Gasteiger partial charge on any atom is 0.253 e. The van der Waals surface area contributed by atoms with Crippen LogP contribution in [0.1, 0.15) is 37.0 Å². The van der Waals surface area contributed by atoms with Crippen molar-refractivity contribution < 1.29 is 9.21 Å². The molecule has 0 saturated carbocycles. The van der Waals surface area contributed by atoms with Gasteiger partial charge in [-0.15, -0.1) is 12.4 Å². The molecule has 0 aromatic carbocycles. The SMILES string of the molecule is CC1(C)[C@H](NC(=O)c2cnc3occc3c2)C2CCN1CC2.Cl. The number of pyridine rings is 1. The van der Waals surface area contributed by atoms with Gasteiger partial charge in [-0.1, -0.05) is 0 Å². The van der Waals surface area contributed by atoms with Crippen LogP contribution in [0.15, 0.2) is 29.0 Å². The Balaban J connectivity index is 0.00000156. The molecule has 0 radical (unpaired) electrons. The summed E-state index contributed by atoms with van der Waals surface area (Å²) in [5.74, 6) is 0.539. The van der Waals surface area contributed by atoms with Crippen molar-refractivity contribution in [2.75, 3.05) is 13.1 Å². The topological polar surface area (TPSA) is 58.4 Å². The van der Waals surface area contributed by atoms with Crippen LogP contribution in [0.2, 0.25) is 0 Å². The maximum absolute atomic E-state index is 12.6. The van der Waals surface area contributed by atoms with Crippen LogP contribution in [-0.2, 0) is 0 Å². The summed E-state index contributed by atoms with van der Waals surface area (Å²) in [6.45, 7) is 6.76. The molecule has 3 aliphatic heterocycles. The van der Waals surface area contributed by atoms with E-state index in [4.69, 9.17) is 4.42 Å². The third-order valence-corrected chi connectivity index (χ3v) is 5.44. The van der Waals surface area contributed by atoms with Gasteiger partial charge in [-0.25, -0.2) is 4.98 Å². The molecule has 5 rings (SSSR count). The molecule has 0 aliphatic carbocycles. The molecule has 1 amide bonds. The number of hydrogen-bond acceptors (Lipinski definition) is 4. The number of nitrogens with zero attached hydrogens (tertiary/aromatic N) is 2. The average molecular weight is 336 g/mol. The fraction of sp³-hybridized carbons (Fsp3) is 0.529. The summed E-state index contributed by atoms with van der Waals surface area (Å²) in [7, 11) is 0. The highest BCUT2D eigenvalue weighted by molar-refractivity contribution is 5.96. The number of rotatable bonds is 2. The van der Waals surface area contributed by atoms with Crippen molar-refractivity contribution in [3.63, 3.8) is 0 Å². The highest BCUT2D eigenvalue weighted by Gasteiger charge is 2.48. The van der Waals surface area contributed by atoms with E-state index in [9.17, 15) is 4.79 Å². The zero-order valence-electron chi connectivity index (χ0n) is 13.4. The van der Waals surface area contributed by atoms with E-state index in [2.05, 4.69) is 29.0 Å². The molecule has 5 nitrogen and oxygen atoms in total. The minimum absolute atomic E-state index is 0. The molecule has 1 N–H and O–H groups in total. The van der Waals surface area contributed by atoms with E-state index in [1.807, 2.05) is 12.1 Å². The molecule has 2 aromatic heterocycles. The first-order valence-corrected chi connectivity index (χ1v) is 7.95. The summed E-state index contributed by atoms with van der Waals surface area (Å²) in [6, 6.07) is 3.87. The standard InChI is InChI=1S/C17H21N3O2.ClH/c1-17(2)14(11-3-6-20(17)7-4-11)19-15(21)13-9-12-5-8-22-16(12)18-10-13;/h5,8-11,14H,3-4,6-7H2,1-2H3,(H,19,21);1H/t14-;/m1./s1. The van der Waals surface area contributed by atoms with Gasteiger partial charge in [-0.2, -0.15) is 0 Å². The number of hydrogen-bond donors (Lipinski definition) is 1. The van der Waals surface area contributed by atoms with Gasteiger partial charge >= 0.3 is 0 Å². The lowest BCUT2D eigenvalue weighted by Crippen LogP contribution is -2.69. The van der Waals surface area contributed by atoms with Crippen LogP contribution >= 0.6 is 12.4 Å². The molecule has 0 spiro atoms. The van der Waals surface area contributed by atoms with Crippen molar-refractivity contribution >= 4 is 29.4 Å². The summed E-state index contributed by atoms with van der Waals surface area (Å²) in [5.41, 5.74) is 1.19. The number of fused-ring (bicyclic) bond motifs is 4. The first kappa shape index (κ1) is 16.3. The Morgan fingerprint density at radius 2 is 2.13 bits per heavy atom. The van der Waals surface area contributed by atoms with E-state index >= 15 is 0 Å². The van der Waals surface area contributed by atoms with Crippen molar-refractivity contribution in [1.82, 2.24) is 15.2 Å². The molecule has 0 unspecified atom stereocenters. The van der Waals surface area contributed by atoms with Gasteiger partial charge < -0.3 is 9.73 Å². The number of nitrogens with one attached hydrogen (secondary N) is 1. The van der Waals surface area contributed by atoms with Crippen molar-refractivity contribution in [2.45, 2.75) is 38.3 Å². The lowest BCUT2D eigenvalue weighted by Gasteiger charge is -2.56. The maximum atomic E-state index is 12.6. The van der Waals surface area contributed by atoms with Gasteiger partial charge in [0.15, 0.2) is 0 Å². The third kappa shape index (κ3) is 2.62. The van der Waals surface area contributed by atoms with Crippen LogP contribution < -0.4 is 5.32 Å². The van der Waals surface area contributed by atoms with Crippen molar-refractivity contribution in [3.8, 4) is 0 Å². The Labute approximate surface area is 141 Å². The van der Waals surface area contributed by atoms with Crippen LogP contribution in [0.3, 0.4) is 0 Å². The number of carbonyl (C=O) groups excluding carboxylic acids is 1. The van der Waals surface area contributed by atoms with Crippen LogP contribution in [0.4, 0.5) is 0 Å². The van der Waals surface area contributed by atoms with Gasteiger partial charge in [-0.3, -0.25) is 9.69 Å².